The summed E-state index contributed by atoms with van der Waals surface area (Å²) in [4.78, 5) is 22.1. The van der Waals surface area contributed by atoms with Gasteiger partial charge in [-0.3, -0.25) is 4.79 Å². The van der Waals surface area contributed by atoms with Gasteiger partial charge in [-0.05, 0) is 42.5 Å². The first kappa shape index (κ1) is 27.1. The first-order valence-electron chi connectivity index (χ1n) is 12.4. The van der Waals surface area contributed by atoms with E-state index in [0.717, 1.165) is 12.8 Å². The maximum absolute atomic E-state index is 13.7. The number of H-pyrrole nitrogens is 1. The number of anilines is 1. The molecule has 1 saturated carbocycles. The Kier molecular flexibility index (Phi) is 7.34. The molecule has 0 bridgehead atoms. The van der Waals surface area contributed by atoms with Crippen LogP contribution < -0.4 is 4.90 Å². The number of nitrogens with zero attached hydrogens (tertiary/aromatic N) is 2. The third-order valence-electron chi connectivity index (χ3n) is 7.20. The molecule has 0 radical (unpaired) electrons. The van der Waals surface area contributed by atoms with Crippen LogP contribution in [0.25, 0.3) is 11.0 Å². The van der Waals surface area contributed by atoms with Crippen molar-refractivity contribution in [2.24, 2.45) is 5.92 Å². The minimum absolute atomic E-state index is 0.0517. The lowest BCUT2D eigenvalue weighted by Gasteiger charge is -2.34. The van der Waals surface area contributed by atoms with Gasteiger partial charge in [-0.15, -0.1) is 0 Å². The molecule has 1 aromatic heterocycles. The van der Waals surface area contributed by atoms with Crippen molar-refractivity contribution in [1.29, 1.82) is 0 Å². The molecule has 2 fully saturated rings. The van der Waals surface area contributed by atoms with E-state index in [4.69, 9.17) is 27.9 Å². The molecule has 5 rings (SSSR count). The number of aromatic nitrogens is 2. The van der Waals surface area contributed by atoms with Gasteiger partial charge >= 0.3 is 5.97 Å². The summed E-state index contributed by atoms with van der Waals surface area (Å²) in [6.07, 6.45) is 1.23. The number of ether oxygens (including phenoxy) is 1. The van der Waals surface area contributed by atoms with E-state index in [2.05, 4.69) is 9.97 Å². The predicted molar refractivity (Wildman–Crippen MR) is 142 cm³/mol. The number of alkyl halides is 2. The molecule has 1 aliphatic carbocycles. The Morgan fingerprint density at radius 3 is 2.47 bits per heavy atom. The van der Waals surface area contributed by atoms with Gasteiger partial charge in [0, 0.05) is 25.9 Å². The van der Waals surface area contributed by atoms with Crippen molar-refractivity contribution in [2.75, 3.05) is 30.9 Å². The van der Waals surface area contributed by atoms with E-state index in [1.54, 1.807) is 35.2 Å². The number of carbonyl (C=O) groups is 1. The Balaban J connectivity index is 1.49. The minimum Gasteiger partial charge on any atom is -0.469 e. The number of imidazole rings is 1. The normalized spacial score (nSPS) is 18.5. The summed E-state index contributed by atoms with van der Waals surface area (Å²) in [5.74, 6) is -2.99. The van der Waals surface area contributed by atoms with Gasteiger partial charge in [-0.1, -0.05) is 35.3 Å². The number of aromatic amines is 1. The second-order valence-electron chi connectivity index (χ2n) is 10.0. The van der Waals surface area contributed by atoms with Crippen LogP contribution in [0.5, 0.6) is 0 Å². The Morgan fingerprint density at radius 1 is 1.21 bits per heavy atom. The van der Waals surface area contributed by atoms with Crippen molar-refractivity contribution in [3.05, 3.63) is 51.8 Å². The van der Waals surface area contributed by atoms with E-state index in [-0.39, 0.29) is 53.9 Å². The fourth-order valence-corrected chi connectivity index (χ4v) is 7.25. The largest absolute Gasteiger partial charge is 0.469 e. The van der Waals surface area contributed by atoms with E-state index < -0.39 is 27.6 Å². The summed E-state index contributed by atoms with van der Waals surface area (Å²) in [5, 5.41) is 0.551. The van der Waals surface area contributed by atoms with Crippen LogP contribution in [0.4, 0.5) is 14.5 Å². The molecular weight excluding hydrogens is 559 g/mol. The van der Waals surface area contributed by atoms with E-state index in [0.29, 0.717) is 33.1 Å². The second-order valence-corrected chi connectivity index (χ2v) is 12.8. The molecule has 204 valence electrons. The van der Waals surface area contributed by atoms with Crippen LogP contribution in [0, 0.1) is 5.92 Å². The molecule has 1 saturated heterocycles. The average Bonchev–Trinajstić information content (AvgIpc) is 3.57. The Hall–Kier alpha value is -2.43. The van der Waals surface area contributed by atoms with Crippen molar-refractivity contribution in [3.63, 3.8) is 0 Å². The van der Waals surface area contributed by atoms with Crippen LogP contribution in [0.15, 0.2) is 35.2 Å². The maximum Gasteiger partial charge on any atom is 0.306 e. The smallest absolute Gasteiger partial charge is 0.306 e. The van der Waals surface area contributed by atoms with Gasteiger partial charge in [0.1, 0.15) is 5.82 Å². The third-order valence-corrected chi connectivity index (χ3v) is 9.76. The molecule has 2 aromatic carbocycles. The van der Waals surface area contributed by atoms with Crippen molar-refractivity contribution in [3.8, 4) is 0 Å². The van der Waals surface area contributed by atoms with Crippen LogP contribution >= 0.6 is 23.2 Å². The molecule has 0 amide bonds. The highest BCUT2D eigenvalue weighted by molar-refractivity contribution is 7.91. The van der Waals surface area contributed by atoms with Crippen LogP contribution in [0.1, 0.15) is 49.4 Å². The number of halogens is 4. The van der Waals surface area contributed by atoms with Gasteiger partial charge in [0.05, 0.1) is 56.9 Å². The maximum atomic E-state index is 13.7. The first-order chi connectivity index (χ1) is 18.0. The number of sulfone groups is 1. The molecule has 1 aliphatic heterocycles. The first-order valence-corrected chi connectivity index (χ1v) is 14.8. The van der Waals surface area contributed by atoms with Crippen molar-refractivity contribution in [1.82, 2.24) is 9.97 Å². The van der Waals surface area contributed by atoms with Gasteiger partial charge in [-0.2, -0.15) is 0 Å². The van der Waals surface area contributed by atoms with Crippen molar-refractivity contribution < 1.29 is 26.7 Å². The summed E-state index contributed by atoms with van der Waals surface area (Å²) >= 11 is 13.3. The van der Waals surface area contributed by atoms with E-state index in [1.807, 2.05) is 0 Å². The molecule has 1 N–H and O–H groups in total. The highest BCUT2D eigenvalue weighted by Gasteiger charge is 2.36. The fourth-order valence-electron chi connectivity index (χ4n) is 4.82. The number of fused-ring (bicyclic) bond motifs is 1. The van der Waals surface area contributed by atoms with E-state index >= 15 is 0 Å². The lowest BCUT2D eigenvalue weighted by Crippen LogP contribution is -2.39. The quantitative estimate of drug-likeness (QED) is 0.327. The van der Waals surface area contributed by atoms with Gasteiger partial charge in [-0.25, -0.2) is 22.2 Å². The number of esters is 1. The predicted octanol–water partition coefficient (Wildman–Crippen LogP) is 5.98. The standard InChI is InChI=1S/C26H27Cl2F2N3O4S/c1-37-21(34)12-18(16-4-6-17(7-5-16)38(35,36)14-15-2-3-15)25-31-20-13-19(27)24(22(28)23(20)32-25)33-10-8-26(29,30)9-11-33/h4-7,13,15,18H,2-3,8-12,14H2,1H3,(H,31,32). The topological polar surface area (TPSA) is 92.4 Å². The average molecular weight is 586 g/mol. The molecule has 1 unspecified atom stereocenters. The van der Waals surface area contributed by atoms with Gasteiger partial charge in [0.25, 0.3) is 5.92 Å². The van der Waals surface area contributed by atoms with Crippen LogP contribution in [0.2, 0.25) is 10.0 Å². The van der Waals surface area contributed by atoms with Gasteiger partial charge < -0.3 is 14.6 Å². The molecule has 2 heterocycles. The molecule has 2 aliphatic rings. The summed E-state index contributed by atoms with van der Waals surface area (Å²) in [5.41, 5.74) is 2.05. The Bertz CT molecular complexity index is 1460. The molecule has 0 spiro atoms. The van der Waals surface area contributed by atoms with Crippen LogP contribution in [-0.2, 0) is 19.4 Å². The highest BCUT2D eigenvalue weighted by atomic mass is 35.5. The summed E-state index contributed by atoms with van der Waals surface area (Å²) in [6.45, 7) is 0.222. The zero-order valence-corrected chi connectivity index (χ0v) is 23.0. The molecule has 7 nitrogen and oxygen atoms in total. The number of methoxy groups -OCH3 is 1. The minimum atomic E-state index is -3.38. The zero-order valence-electron chi connectivity index (χ0n) is 20.6. The van der Waals surface area contributed by atoms with E-state index in [1.165, 1.54) is 7.11 Å². The highest BCUT2D eigenvalue weighted by Crippen LogP contribution is 2.42. The number of hydrogen-bond donors (Lipinski definition) is 1. The SMILES string of the molecule is COC(=O)CC(c1ccc(S(=O)(=O)CC2CC2)cc1)c1nc2cc(Cl)c(N3CCC(F)(F)CC3)c(Cl)c2[nH]1. The van der Waals surface area contributed by atoms with Crippen molar-refractivity contribution in [2.45, 2.75) is 48.8 Å². The number of hydrogen-bond acceptors (Lipinski definition) is 6. The monoisotopic (exact) mass is 585 g/mol. The molecular formula is C26H27Cl2F2N3O4S. The second kappa shape index (κ2) is 10.3. The third kappa shape index (κ3) is 5.62. The number of piperidine rings is 1. The fraction of sp³-hybridized carbons (Fsp3) is 0.462. The number of carbonyl (C=O) groups excluding carboxylic acids is 1. The summed E-state index contributed by atoms with van der Waals surface area (Å²) in [6, 6.07) is 8.07. The lowest BCUT2D eigenvalue weighted by molar-refractivity contribution is -0.140. The Labute approximate surface area is 229 Å². The lowest BCUT2D eigenvalue weighted by atomic mass is 9.95. The summed E-state index contributed by atoms with van der Waals surface area (Å²) < 4.78 is 57.7. The molecule has 38 heavy (non-hydrogen) atoms. The van der Waals surface area contributed by atoms with Gasteiger partial charge in [0.15, 0.2) is 9.84 Å². The number of benzene rings is 2. The Morgan fingerprint density at radius 2 is 1.87 bits per heavy atom. The summed E-state index contributed by atoms with van der Waals surface area (Å²) in [7, 11) is -2.10. The van der Waals surface area contributed by atoms with Crippen molar-refractivity contribution >= 4 is 55.7 Å². The van der Waals surface area contributed by atoms with E-state index in [9.17, 15) is 22.0 Å². The zero-order chi connectivity index (χ0) is 27.2. The number of rotatable bonds is 8. The van der Waals surface area contributed by atoms with Crippen LogP contribution in [0.3, 0.4) is 0 Å². The molecule has 12 heteroatoms. The molecule has 3 aromatic rings. The van der Waals surface area contributed by atoms with Gasteiger partial charge in [0.2, 0.25) is 0 Å². The number of nitrogens with one attached hydrogen (secondary N) is 1. The van der Waals surface area contributed by atoms with Crippen LogP contribution in [-0.4, -0.2) is 56.2 Å². The molecule has 1 atom stereocenters.